The number of hydrogen-bond acceptors (Lipinski definition) is 1. The van der Waals surface area contributed by atoms with Gasteiger partial charge < -0.3 is 4.90 Å². The highest BCUT2D eigenvalue weighted by atomic mass is 35.5. The zero-order valence-electron chi connectivity index (χ0n) is 9.92. The minimum absolute atomic E-state index is 0. The first-order valence-corrected chi connectivity index (χ1v) is 5.54. The van der Waals surface area contributed by atoms with Crippen molar-refractivity contribution in [3.05, 3.63) is 12.2 Å². The van der Waals surface area contributed by atoms with Crippen LogP contribution in [0.1, 0.15) is 33.1 Å². The van der Waals surface area contributed by atoms with E-state index in [4.69, 9.17) is 11.6 Å². The number of likely N-dealkylation sites (N-methyl/N-ethyl adjacent to an activating group) is 1. The molecule has 0 heterocycles. The van der Waals surface area contributed by atoms with E-state index < -0.39 is 0 Å². The van der Waals surface area contributed by atoms with Gasteiger partial charge in [0.1, 0.15) is 0 Å². The molecule has 0 N–H and O–H groups in total. The molecule has 0 spiro atoms. The molecule has 0 saturated heterocycles. The maximum absolute atomic E-state index is 5.38. The van der Waals surface area contributed by atoms with Crippen LogP contribution in [0.3, 0.4) is 0 Å². The molecule has 88 valence electrons. The summed E-state index contributed by atoms with van der Waals surface area (Å²) in [5.74, 6) is 0.827. The molecule has 0 saturated carbocycles. The maximum Gasteiger partial charge on any atom is 0.0223 e. The lowest BCUT2D eigenvalue weighted by molar-refractivity contribution is 0.456. The summed E-state index contributed by atoms with van der Waals surface area (Å²) in [6, 6.07) is 0. The SMILES string of the molecule is CC=CCN(C)C.CCCCCCl.Cl. The van der Waals surface area contributed by atoms with Crippen LogP contribution in [0.5, 0.6) is 0 Å². The second kappa shape index (κ2) is 18.9. The predicted octanol–water partition coefficient (Wildman–Crippen LogP) is 3.96. The van der Waals surface area contributed by atoms with Crippen LogP contribution in [0.15, 0.2) is 12.2 Å². The Hall–Kier alpha value is 0.280. The van der Waals surface area contributed by atoms with Crippen molar-refractivity contribution in [2.45, 2.75) is 33.1 Å². The van der Waals surface area contributed by atoms with Crippen molar-refractivity contribution in [2.24, 2.45) is 0 Å². The van der Waals surface area contributed by atoms with E-state index >= 15 is 0 Å². The van der Waals surface area contributed by atoms with Crippen LogP contribution in [-0.2, 0) is 0 Å². The molecule has 0 aliphatic rings. The quantitative estimate of drug-likeness (QED) is 0.400. The van der Waals surface area contributed by atoms with Gasteiger partial charge in [0.05, 0.1) is 0 Å². The lowest BCUT2D eigenvalue weighted by Crippen LogP contribution is -2.10. The molecule has 1 nitrogen and oxygen atoms in total. The molecule has 0 aromatic rings. The molecular formula is C11H25Cl2N. The molecule has 0 radical (unpaired) electrons. The highest BCUT2D eigenvalue weighted by Gasteiger charge is 1.77. The zero-order chi connectivity index (χ0) is 10.5. The first-order valence-electron chi connectivity index (χ1n) is 5.00. The summed E-state index contributed by atoms with van der Waals surface area (Å²) in [4.78, 5) is 2.12. The zero-order valence-corrected chi connectivity index (χ0v) is 11.5. The van der Waals surface area contributed by atoms with Crippen molar-refractivity contribution in [3.63, 3.8) is 0 Å². The van der Waals surface area contributed by atoms with Crippen molar-refractivity contribution in [1.29, 1.82) is 0 Å². The van der Waals surface area contributed by atoms with E-state index in [1.54, 1.807) is 0 Å². The van der Waals surface area contributed by atoms with Gasteiger partial charge >= 0.3 is 0 Å². The Labute approximate surface area is 101 Å². The third-order valence-corrected chi connectivity index (χ3v) is 1.71. The van der Waals surface area contributed by atoms with E-state index in [1.807, 2.05) is 6.92 Å². The highest BCUT2D eigenvalue weighted by molar-refractivity contribution is 6.17. The predicted molar refractivity (Wildman–Crippen MR) is 70.9 cm³/mol. The number of rotatable bonds is 5. The van der Waals surface area contributed by atoms with Crippen LogP contribution < -0.4 is 0 Å². The molecule has 0 aliphatic heterocycles. The number of unbranched alkanes of at least 4 members (excludes halogenated alkanes) is 2. The van der Waals surface area contributed by atoms with Gasteiger partial charge in [0, 0.05) is 12.4 Å². The van der Waals surface area contributed by atoms with Crippen LogP contribution in [0, 0.1) is 0 Å². The summed E-state index contributed by atoms with van der Waals surface area (Å²) in [6.07, 6.45) is 7.91. The fraction of sp³-hybridized carbons (Fsp3) is 0.818. The van der Waals surface area contributed by atoms with Crippen LogP contribution >= 0.6 is 24.0 Å². The van der Waals surface area contributed by atoms with Crippen LogP contribution in [-0.4, -0.2) is 31.4 Å². The van der Waals surface area contributed by atoms with Crippen molar-refractivity contribution in [1.82, 2.24) is 4.90 Å². The number of allylic oxidation sites excluding steroid dienone is 1. The van der Waals surface area contributed by atoms with Gasteiger partial charge in [-0.05, 0) is 27.4 Å². The molecule has 0 fully saturated rings. The van der Waals surface area contributed by atoms with Crippen LogP contribution in [0.2, 0.25) is 0 Å². The molecular weight excluding hydrogens is 217 g/mol. The van der Waals surface area contributed by atoms with Gasteiger partial charge in [-0.2, -0.15) is 0 Å². The normalized spacial score (nSPS) is 9.57. The van der Waals surface area contributed by atoms with E-state index in [-0.39, 0.29) is 12.4 Å². The Morgan fingerprint density at radius 1 is 1.21 bits per heavy atom. The Morgan fingerprint density at radius 3 is 1.93 bits per heavy atom. The van der Waals surface area contributed by atoms with Gasteiger partial charge in [-0.25, -0.2) is 0 Å². The van der Waals surface area contributed by atoms with Crippen molar-refractivity contribution < 1.29 is 0 Å². The number of nitrogens with zero attached hydrogens (tertiary/aromatic N) is 1. The van der Waals surface area contributed by atoms with E-state index in [2.05, 4.69) is 38.1 Å². The fourth-order valence-electron chi connectivity index (χ4n) is 0.661. The first kappa shape index (κ1) is 19.8. The summed E-state index contributed by atoms with van der Waals surface area (Å²) in [7, 11) is 4.11. The lowest BCUT2D eigenvalue weighted by Gasteiger charge is -2.02. The average Bonchev–Trinajstić information content (AvgIpc) is 2.12. The van der Waals surface area contributed by atoms with Crippen LogP contribution in [0.25, 0.3) is 0 Å². The first-order chi connectivity index (χ1) is 6.18. The monoisotopic (exact) mass is 241 g/mol. The minimum atomic E-state index is 0. The topological polar surface area (TPSA) is 3.24 Å². The molecule has 0 atom stereocenters. The smallest absolute Gasteiger partial charge is 0.0223 e. The van der Waals surface area contributed by atoms with Crippen molar-refractivity contribution >= 4 is 24.0 Å². The van der Waals surface area contributed by atoms with Gasteiger partial charge in [-0.1, -0.05) is 31.9 Å². The van der Waals surface area contributed by atoms with Gasteiger partial charge in [0.25, 0.3) is 0 Å². The summed E-state index contributed by atoms with van der Waals surface area (Å²) in [5.41, 5.74) is 0. The Balaban J connectivity index is -0.000000163. The molecule has 0 unspecified atom stereocenters. The second-order valence-electron chi connectivity index (χ2n) is 3.23. The second-order valence-corrected chi connectivity index (χ2v) is 3.61. The largest absolute Gasteiger partial charge is 0.306 e. The highest BCUT2D eigenvalue weighted by Crippen LogP contribution is 1.93. The summed E-state index contributed by atoms with van der Waals surface area (Å²) >= 11 is 5.38. The van der Waals surface area contributed by atoms with Gasteiger partial charge in [-0.3, -0.25) is 0 Å². The van der Waals surface area contributed by atoms with E-state index in [0.717, 1.165) is 12.4 Å². The van der Waals surface area contributed by atoms with Gasteiger partial charge in [0.15, 0.2) is 0 Å². The lowest BCUT2D eigenvalue weighted by atomic mass is 10.3. The molecule has 0 amide bonds. The van der Waals surface area contributed by atoms with Crippen molar-refractivity contribution in [2.75, 3.05) is 26.5 Å². The number of hydrogen-bond donors (Lipinski definition) is 0. The molecule has 0 bridgehead atoms. The number of alkyl halides is 1. The molecule has 0 aromatic carbocycles. The third-order valence-electron chi connectivity index (χ3n) is 1.44. The molecule has 0 rings (SSSR count). The summed E-state index contributed by atoms with van der Waals surface area (Å²) in [6.45, 7) is 5.26. The summed E-state index contributed by atoms with van der Waals surface area (Å²) < 4.78 is 0. The van der Waals surface area contributed by atoms with Gasteiger partial charge in [-0.15, -0.1) is 24.0 Å². The van der Waals surface area contributed by atoms with Crippen LogP contribution in [0.4, 0.5) is 0 Å². The summed E-state index contributed by atoms with van der Waals surface area (Å²) in [5, 5.41) is 0. The molecule has 0 aromatic heterocycles. The van der Waals surface area contributed by atoms with Gasteiger partial charge in [0.2, 0.25) is 0 Å². The average molecular weight is 242 g/mol. The number of halogens is 2. The maximum atomic E-state index is 5.38. The van der Waals surface area contributed by atoms with E-state index in [9.17, 15) is 0 Å². The molecule has 3 heteroatoms. The van der Waals surface area contributed by atoms with E-state index in [1.165, 1.54) is 19.3 Å². The minimum Gasteiger partial charge on any atom is -0.306 e. The standard InChI is InChI=1S/C6H13N.C5H11Cl.ClH/c1-4-5-6-7(2)3;1-2-3-4-5-6;/h4-5H,6H2,1-3H3;2-5H2,1H3;1H. The Morgan fingerprint density at radius 2 is 1.79 bits per heavy atom. The fourth-order valence-corrected chi connectivity index (χ4v) is 0.850. The van der Waals surface area contributed by atoms with Crippen molar-refractivity contribution in [3.8, 4) is 0 Å². The Kier molecular flexibility index (Phi) is 26.8. The Bertz CT molecular complexity index is 99.5. The third kappa shape index (κ3) is 29.5. The molecule has 14 heavy (non-hydrogen) atoms. The van der Waals surface area contributed by atoms with E-state index in [0.29, 0.717) is 0 Å². The molecule has 0 aliphatic carbocycles.